The highest BCUT2D eigenvalue weighted by atomic mass is 16.5. The van der Waals surface area contributed by atoms with Crippen LogP contribution in [0, 0.1) is 11.8 Å². The molecule has 0 radical (unpaired) electrons. The second-order valence-corrected chi connectivity index (χ2v) is 3.96. The summed E-state index contributed by atoms with van der Waals surface area (Å²) in [5.41, 5.74) is 2.86. The van der Waals surface area contributed by atoms with E-state index in [0.717, 1.165) is 23.4 Å². The average molecular weight is 252 g/mol. The molecule has 0 aliphatic heterocycles. The van der Waals surface area contributed by atoms with E-state index in [-0.39, 0.29) is 0 Å². The van der Waals surface area contributed by atoms with E-state index in [2.05, 4.69) is 21.8 Å². The second kappa shape index (κ2) is 7.30. The maximum atomic E-state index is 5.45. The quantitative estimate of drug-likeness (QED) is 0.619. The Balaban J connectivity index is 2.00. The number of aromatic nitrogens is 2. The van der Waals surface area contributed by atoms with Crippen LogP contribution < -0.4 is 0 Å². The predicted molar refractivity (Wildman–Crippen MR) is 75.2 cm³/mol. The molecule has 0 saturated heterocycles. The van der Waals surface area contributed by atoms with Gasteiger partial charge in [-0.2, -0.15) is 0 Å². The molecule has 1 aromatic heterocycles. The minimum Gasteiger partial charge on any atom is -0.362 e. The molecule has 2 aromatic rings. The minimum atomic E-state index is 0.443. The summed E-state index contributed by atoms with van der Waals surface area (Å²) in [6.45, 7) is 2.92. The lowest BCUT2D eigenvalue weighted by molar-refractivity contribution is 0.150. The van der Waals surface area contributed by atoms with E-state index in [9.17, 15) is 0 Å². The third kappa shape index (κ3) is 4.20. The molecular formula is C16H16N2O. The van der Waals surface area contributed by atoms with Crippen LogP contribution >= 0.6 is 0 Å². The van der Waals surface area contributed by atoms with Crippen LogP contribution in [-0.2, 0) is 11.3 Å². The van der Waals surface area contributed by atoms with Gasteiger partial charge in [-0.05, 0) is 6.07 Å². The number of ether oxygens (including phenoxy) is 1. The lowest BCUT2D eigenvalue weighted by atomic mass is 10.1. The molecular weight excluding hydrogens is 236 g/mol. The molecule has 0 N–H and O–H groups in total. The maximum Gasteiger partial charge on any atom is 0.116 e. The van der Waals surface area contributed by atoms with Gasteiger partial charge in [-0.15, -0.1) is 5.92 Å². The van der Waals surface area contributed by atoms with Gasteiger partial charge >= 0.3 is 0 Å². The molecule has 1 heterocycles. The second-order valence-electron chi connectivity index (χ2n) is 3.96. The summed E-state index contributed by atoms with van der Waals surface area (Å²) in [7, 11) is 0. The summed E-state index contributed by atoms with van der Waals surface area (Å²) in [5.74, 6) is 5.90. The molecule has 2 rings (SSSR count). The van der Waals surface area contributed by atoms with E-state index in [1.807, 2.05) is 43.3 Å². The molecule has 0 spiro atoms. The molecule has 0 amide bonds. The average Bonchev–Trinajstić information content (AvgIpc) is 2.48. The van der Waals surface area contributed by atoms with Crippen LogP contribution in [0.1, 0.15) is 19.0 Å². The predicted octanol–water partition coefficient (Wildman–Crippen LogP) is 3.07. The minimum absolute atomic E-state index is 0.443. The fourth-order valence-electron chi connectivity index (χ4n) is 1.63. The number of nitrogens with zero attached hydrogens (tertiary/aromatic N) is 2. The van der Waals surface area contributed by atoms with Gasteiger partial charge in [-0.1, -0.05) is 43.2 Å². The van der Waals surface area contributed by atoms with Gasteiger partial charge in [-0.25, -0.2) is 9.97 Å². The Hall–Kier alpha value is -2.18. The molecule has 3 nitrogen and oxygen atoms in total. The first-order chi connectivity index (χ1) is 9.40. The van der Waals surface area contributed by atoms with Gasteiger partial charge in [0.25, 0.3) is 0 Å². The number of hydrogen-bond acceptors (Lipinski definition) is 3. The van der Waals surface area contributed by atoms with E-state index in [1.165, 1.54) is 0 Å². The van der Waals surface area contributed by atoms with Crippen molar-refractivity contribution in [1.82, 2.24) is 9.97 Å². The van der Waals surface area contributed by atoms with Crippen LogP contribution in [0.5, 0.6) is 0 Å². The lowest BCUT2D eigenvalue weighted by Gasteiger charge is -2.03. The normalized spacial score (nSPS) is 9.74. The monoisotopic (exact) mass is 252 g/mol. The Kier molecular flexibility index (Phi) is 5.09. The van der Waals surface area contributed by atoms with Crippen molar-refractivity contribution in [2.75, 3.05) is 6.61 Å². The van der Waals surface area contributed by atoms with E-state index < -0.39 is 0 Å². The molecule has 1 aromatic carbocycles. The summed E-state index contributed by atoms with van der Waals surface area (Å²) < 4.78 is 5.45. The number of rotatable bonds is 4. The van der Waals surface area contributed by atoms with Gasteiger partial charge < -0.3 is 4.74 Å². The molecule has 96 valence electrons. The van der Waals surface area contributed by atoms with Crippen molar-refractivity contribution in [3.8, 4) is 23.1 Å². The maximum absolute atomic E-state index is 5.45. The molecule has 0 atom stereocenters. The summed E-state index contributed by atoms with van der Waals surface area (Å²) in [6, 6.07) is 12.0. The summed E-state index contributed by atoms with van der Waals surface area (Å²) in [5, 5.41) is 0. The Morgan fingerprint density at radius 1 is 1.11 bits per heavy atom. The zero-order chi connectivity index (χ0) is 13.3. The third-order valence-corrected chi connectivity index (χ3v) is 2.52. The van der Waals surface area contributed by atoms with Crippen LogP contribution in [0.3, 0.4) is 0 Å². The van der Waals surface area contributed by atoms with Crippen LogP contribution in [0.2, 0.25) is 0 Å². The lowest BCUT2D eigenvalue weighted by Crippen LogP contribution is -1.97. The largest absolute Gasteiger partial charge is 0.362 e. The van der Waals surface area contributed by atoms with Crippen molar-refractivity contribution in [3.63, 3.8) is 0 Å². The van der Waals surface area contributed by atoms with Crippen molar-refractivity contribution >= 4 is 0 Å². The van der Waals surface area contributed by atoms with Crippen molar-refractivity contribution in [3.05, 3.63) is 48.4 Å². The van der Waals surface area contributed by atoms with Gasteiger partial charge in [0.05, 0.1) is 18.0 Å². The highest BCUT2D eigenvalue weighted by Gasteiger charge is 2.01. The molecule has 19 heavy (non-hydrogen) atoms. The van der Waals surface area contributed by atoms with Crippen LogP contribution in [0.15, 0.2) is 42.7 Å². The third-order valence-electron chi connectivity index (χ3n) is 2.52. The van der Waals surface area contributed by atoms with Crippen LogP contribution in [-0.4, -0.2) is 16.6 Å². The summed E-state index contributed by atoms with van der Waals surface area (Å²) in [6.07, 6.45) is 2.42. The van der Waals surface area contributed by atoms with Crippen molar-refractivity contribution in [1.29, 1.82) is 0 Å². The SMILES string of the molecule is CCC#CCOCc1cc(-c2ccccc2)ncn1. The topological polar surface area (TPSA) is 35.0 Å². The van der Waals surface area contributed by atoms with Gasteiger partial charge in [0.2, 0.25) is 0 Å². The summed E-state index contributed by atoms with van der Waals surface area (Å²) >= 11 is 0. The standard InChI is InChI=1S/C16H16N2O/c1-2-3-7-10-19-12-15-11-16(18-13-17-15)14-8-5-4-6-9-14/h4-6,8-9,11,13H,2,10,12H2,1H3. The fraction of sp³-hybridized carbons (Fsp3) is 0.250. The van der Waals surface area contributed by atoms with E-state index >= 15 is 0 Å². The van der Waals surface area contributed by atoms with Crippen molar-refractivity contribution < 1.29 is 4.74 Å². The Labute approximate surface area is 113 Å². The highest BCUT2D eigenvalue weighted by molar-refractivity contribution is 5.58. The van der Waals surface area contributed by atoms with Gasteiger partial charge in [-0.3, -0.25) is 0 Å². The van der Waals surface area contributed by atoms with E-state index in [0.29, 0.717) is 13.2 Å². The fourth-order valence-corrected chi connectivity index (χ4v) is 1.63. The number of benzene rings is 1. The molecule has 0 unspecified atom stereocenters. The molecule has 0 bridgehead atoms. The van der Waals surface area contributed by atoms with E-state index in [1.54, 1.807) is 6.33 Å². The Morgan fingerprint density at radius 2 is 1.95 bits per heavy atom. The Morgan fingerprint density at radius 3 is 2.74 bits per heavy atom. The van der Waals surface area contributed by atoms with Crippen LogP contribution in [0.4, 0.5) is 0 Å². The molecule has 0 aliphatic rings. The van der Waals surface area contributed by atoms with Crippen molar-refractivity contribution in [2.24, 2.45) is 0 Å². The zero-order valence-corrected chi connectivity index (χ0v) is 11.0. The van der Waals surface area contributed by atoms with Gasteiger partial charge in [0.15, 0.2) is 0 Å². The zero-order valence-electron chi connectivity index (χ0n) is 11.0. The number of hydrogen-bond donors (Lipinski definition) is 0. The first-order valence-corrected chi connectivity index (χ1v) is 6.30. The molecule has 0 saturated carbocycles. The molecule has 0 fully saturated rings. The first kappa shape index (κ1) is 13.3. The highest BCUT2D eigenvalue weighted by Crippen LogP contribution is 2.16. The smallest absolute Gasteiger partial charge is 0.116 e. The van der Waals surface area contributed by atoms with E-state index in [4.69, 9.17) is 4.74 Å². The Bertz CT molecular complexity index is 570. The van der Waals surface area contributed by atoms with Crippen LogP contribution in [0.25, 0.3) is 11.3 Å². The van der Waals surface area contributed by atoms with Crippen molar-refractivity contribution in [2.45, 2.75) is 20.0 Å². The van der Waals surface area contributed by atoms with Gasteiger partial charge in [0.1, 0.15) is 12.9 Å². The molecule has 0 aliphatic carbocycles. The molecule has 3 heteroatoms. The first-order valence-electron chi connectivity index (χ1n) is 6.30. The van der Waals surface area contributed by atoms with Gasteiger partial charge in [0, 0.05) is 12.0 Å². The summed E-state index contributed by atoms with van der Waals surface area (Å²) in [4.78, 5) is 8.47.